The van der Waals surface area contributed by atoms with E-state index in [0.29, 0.717) is 17.6 Å². The molecule has 0 aromatic rings. The lowest BCUT2D eigenvalue weighted by Crippen LogP contribution is -2.38. The van der Waals surface area contributed by atoms with Crippen molar-refractivity contribution in [1.29, 1.82) is 0 Å². The fraction of sp³-hybridized carbons (Fsp3) is 0.600. The number of amides is 2. The summed E-state index contributed by atoms with van der Waals surface area (Å²) in [4.78, 5) is 26.1. The Bertz CT molecular complexity index is 315. The van der Waals surface area contributed by atoms with Crippen molar-refractivity contribution in [3.63, 3.8) is 0 Å². The minimum Gasteiger partial charge on any atom is -0.314 e. The molecule has 2 amide bonds. The van der Waals surface area contributed by atoms with Gasteiger partial charge < -0.3 is 10.2 Å². The minimum atomic E-state index is -0.251. The van der Waals surface area contributed by atoms with Crippen molar-refractivity contribution in [3.05, 3.63) is 10.6 Å². The van der Waals surface area contributed by atoms with Crippen LogP contribution in [-0.4, -0.2) is 61.9 Å². The normalized spacial score (nSPS) is 16.2. The lowest BCUT2D eigenvalue weighted by atomic mass is 10.5. The molecule has 0 fully saturated rings. The molecule has 1 aliphatic heterocycles. The van der Waals surface area contributed by atoms with Gasteiger partial charge in [-0.25, -0.2) is 0 Å². The maximum absolute atomic E-state index is 11.4. The van der Waals surface area contributed by atoms with E-state index in [1.807, 2.05) is 14.1 Å². The Morgan fingerprint density at radius 3 is 2.56 bits per heavy atom. The Labute approximate surface area is 104 Å². The molecular formula is C10H16BrN3O2. The molecule has 0 aromatic heterocycles. The number of hydrogen-bond acceptors (Lipinski definition) is 4. The lowest BCUT2D eigenvalue weighted by molar-refractivity contribution is -0.136. The van der Waals surface area contributed by atoms with Gasteiger partial charge in [-0.3, -0.25) is 14.5 Å². The quantitative estimate of drug-likeness (QED) is 0.543. The third-order valence-electron chi connectivity index (χ3n) is 2.21. The van der Waals surface area contributed by atoms with Gasteiger partial charge in [0, 0.05) is 32.3 Å². The van der Waals surface area contributed by atoms with E-state index in [2.05, 4.69) is 26.1 Å². The second-order valence-electron chi connectivity index (χ2n) is 3.84. The highest BCUT2D eigenvalue weighted by Crippen LogP contribution is 2.17. The highest BCUT2D eigenvalue weighted by Gasteiger charge is 2.28. The van der Waals surface area contributed by atoms with E-state index in [1.165, 1.54) is 11.0 Å². The van der Waals surface area contributed by atoms with E-state index in [1.54, 1.807) is 0 Å². The third-order valence-corrected chi connectivity index (χ3v) is 2.78. The summed E-state index contributed by atoms with van der Waals surface area (Å²) in [7, 11) is 3.99. The molecule has 0 bridgehead atoms. The van der Waals surface area contributed by atoms with E-state index in [0.717, 1.165) is 13.1 Å². The molecule has 0 radical (unpaired) electrons. The van der Waals surface area contributed by atoms with E-state index >= 15 is 0 Å². The number of nitrogens with one attached hydrogen (secondary N) is 1. The summed E-state index contributed by atoms with van der Waals surface area (Å²) in [5.74, 6) is -0.495. The van der Waals surface area contributed by atoms with Crippen LogP contribution >= 0.6 is 15.9 Å². The molecule has 0 saturated carbocycles. The van der Waals surface area contributed by atoms with E-state index in [9.17, 15) is 9.59 Å². The van der Waals surface area contributed by atoms with Gasteiger partial charge in [0.1, 0.15) is 0 Å². The predicted molar refractivity (Wildman–Crippen MR) is 65.2 cm³/mol. The monoisotopic (exact) mass is 289 g/mol. The second kappa shape index (κ2) is 6.12. The number of likely N-dealkylation sites (N-methyl/N-ethyl adjacent to an activating group) is 1. The van der Waals surface area contributed by atoms with Gasteiger partial charge in [-0.2, -0.15) is 0 Å². The number of hydrogen-bond donors (Lipinski definition) is 1. The zero-order valence-corrected chi connectivity index (χ0v) is 11.1. The fourth-order valence-corrected chi connectivity index (χ4v) is 1.72. The van der Waals surface area contributed by atoms with Crippen molar-refractivity contribution in [2.24, 2.45) is 0 Å². The largest absolute Gasteiger partial charge is 0.314 e. The first kappa shape index (κ1) is 13.3. The maximum Gasteiger partial charge on any atom is 0.267 e. The van der Waals surface area contributed by atoms with Crippen molar-refractivity contribution in [2.45, 2.75) is 0 Å². The van der Waals surface area contributed by atoms with Gasteiger partial charge >= 0.3 is 0 Å². The zero-order chi connectivity index (χ0) is 12.1. The summed E-state index contributed by atoms with van der Waals surface area (Å²) < 4.78 is 0.339. The highest BCUT2D eigenvalue weighted by molar-refractivity contribution is 9.12. The van der Waals surface area contributed by atoms with Crippen LogP contribution in [0.2, 0.25) is 0 Å². The molecular weight excluding hydrogens is 274 g/mol. The van der Waals surface area contributed by atoms with Crippen LogP contribution in [0.1, 0.15) is 0 Å². The molecule has 0 saturated heterocycles. The number of carbonyl (C=O) groups is 2. The Morgan fingerprint density at radius 1 is 1.38 bits per heavy atom. The van der Waals surface area contributed by atoms with Crippen LogP contribution in [-0.2, 0) is 9.59 Å². The van der Waals surface area contributed by atoms with Crippen LogP contribution in [0.15, 0.2) is 10.6 Å². The van der Waals surface area contributed by atoms with E-state index < -0.39 is 0 Å². The van der Waals surface area contributed by atoms with Crippen LogP contribution < -0.4 is 5.32 Å². The van der Waals surface area contributed by atoms with Crippen LogP contribution in [0.25, 0.3) is 0 Å². The molecule has 1 N–H and O–H groups in total. The third kappa shape index (κ3) is 3.70. The molecule has 1 heterocycles. The molecule has 1 aliphatic rings. The van der Waals surface area contributed by atoms with Crippen molar-refractivity contribution in [3.8, 4) is 0 Å². The zero-order valence-electron chi connectivity index (χ0n) is 9.49. The first-order valence-corrected chi connectivity index (χ1v) is 5.90. The maximum atomic E-state index is 11.4. The van der Waals surface area contributed by atoms with Gasteiger partial charge in [-0.05, 0) is 30.0 Å². The predicted octanol–water partition coefficient (Wildman–Crippen LogP) is -0.215. The fourth-order valence-electron chi connectivity index (χ4n) is 1.31. The molecule has 0 atom stereocenters. The molecule has 16 heavy (non-hydrogen) atoms. The topological polar surface area (TPSA) is 52.6 Å². The average Bonchev–Trinajstić information content (AvgIpc) is 2.43. The Hall–Kier alpha value is -0.720. The Morgan fingerprint density at radius 2 is 2.06 bits per heavy atom. The van der Waals surface area contributed by atoms with Gasteiger partial charge in [0.15, 0.2) is 0 Å². The highest BCUT2D eigenvalue weighted by atomic mass is 79.9. The average molecular weight is 290 g/mol. The van der Waals surface area contributed by atoms with Gasteiger partial charge in [-0.1, -0.05) is 0 Å². The van der Waals surface area contributed by atoms with E-state index in [4.69, 9.17) is 0 Å². The molecule has 0 unspecified atom stereocenters. The lowest BCUT2D eigenvalue weighted by Gasteiger charge is -2.15. The summed E-state index contributed by atoms with van der Waals surface area (Å²) >= 11 is 3.05. The molecule has 90 valence electrons. The van der Waals surface area contributed by atoms with Crippen molar-refractivity contribution >= 4 is 27.7 Å². The van der Waals surface area contributed by atoms with Crippen LogP contribution in [0, 0.1) is 0 Å². The van der Waals surface area contributed by atoms with Gasteiger partial charge in [0.2, 0.25) is 0 Å². The summed E-state index contributed by atoms with van der Waals surface area (Å²) in [6.45, 7) is 2.82. The SMILES string of the molecule is CN(C)CCNCCN1C(=O)C=C(Br)C1=O. The molecule has 5 nitrogen and oxygen atoms in total. The summed E-state index contributed by atoms with van der Waals surface area (Å²) in [6.07, 6.45) is 1.31. The van der Waals surface area contributed by atoms with Crippen LogP contribution in [0.4, 0.5) is 0 Å². The minimum absolute atomic E-state index is 0.244. The van der Waals surface area contributed by atoms with Gasteiger partial charge in [0.05, 0.1) is 4.48 Å². The molecule has 6 heteroatoms. The molecule has 1 rings (SSSR count). The van der Waals surface area contributed by atoms with Crippen molar-refractivity contribution in [2.75, 3.05) is 40.3 Å². The number of rotatable bonds is 6. The first-order chi connectivity index (χ1) is 7.52. The number of carbonyl (C=O) groups excluding carboxylic acids is 2. The number of imide groups is 1. The van der Waals surface area contributed by atoms with Gasteiger partial charge in [0.25, 0.3) is 11.8 Å². The van der Waals surface area contributed by atoms with E-state index in [-0.39, 0.29) is 11.8 Å². The van der Waals surface area contributed by atoms with Crippen molar-refractivity contribution < 1.29 is 9.59 Å². The standard InChI is InChI=1S/C10H16BrN3O2/c1-13(2)5-3-12-4-6-14-9(15)7-8(11)10(14)16/h7,12H,3-6H2,1-2H3. The van der Waals surface area contributed by atoms with Crippen LogP contribution in [0.5, 0.6) is 0 Å². The Kier molecular flexibility index (Phi) is 5.11. The Balaban J connectivity index is 2.20. The number of halogens is 1. The second-order valence-corrected chi connectivity index (χ2v) is 4.69. The molecule has 0 spiro atoms. The molecule has 0 aromatic carbocycles. The van der Waals surface area contributed by atoms with Crippen LogP contribution in [0.3, 0.4) is 0 Å². The van der Waals surface area contributed by atoms with Gasteiger partial charge in [-0.15, -0.1) is 0 Å². The smallest absolute Gasteiger partial charge is 0.267 e. The summed E-state index contributed by atoms with van der Waals surface area (Å²) in [6, 6.07) is 0. The van der Waals surface area contributed by atoms with Crippen molar-refractivity contribution in [1.82, 2.24) is 15.1 Å². The summed E-state index contributed by atoms with van der Waals surface area (Å²) in [5, 5.41) is 3.17. The number of nitrogens with zero attached hydrogens (tertiary/aromatic N) is 2. The summed E-state index contributed by atoms with van der Waals surface area (Å²) in [5.41, 5.74) is 0. The first-order valence-electron chi connectivity index (χ1n) is 5.11. The molecule has 0 aliphatic carbocycles.